The Kier molecular flexibility index (Phi) is 10.4. The van der Waals surface area contributed by atoms with Gasteiger partial charge in [-0.2, -0.15) is 0 Å². The standard InChI is InChI=1S/C65H73BN4/c1-60(2,3)44-21-25-48(26-22-44)68-55-29-24-46(62(7,8)9)38-53(55)66-52-27-23-47(63(10,11)12)39-56(52)69(49-19-17-18-45(37-49)61(4,5)6)58-41-50(40-57(68)59(58)66)70-54-28-20-43(42-30-34-67-35-31-42)36-51(54)64(13)32-15-16-33-65(64,70)14/h17-31,34-41H,15-16,32-33H2,1-14H3. The molecule has 0 saturated heterocycles. The molecule has 4 heterocycles. The molecular formula is C65H73BN4. The van der Waals surface area contributed by atoms with E-state index in [4.69, 9.17) is 0 Å². The van der Waals surface area contributed by atoms with Gasteiger partial charge in [-0.3, -0.25) is 4.98 Å². The third-order valence-electron chi connectivity index (χ3n) is 17.1. The molecule has 4 nitrogen and oxygen atoms in total. The minimum Gasteiger partial charge on any atom is -0.334 e. The maximum atomic E-state index is 4.38. The van der Waals surface area contributed by atoms with Gasteiger partial charge in [-0.1, -0.05) is 157 Å². The first-order valence-corrected chi connectivity index (χ1v) is 26.1. The van der Waals surface area contributed by atoms with Gasteiger partial charge in [0, 0.05) is 63.3 Å². The van der Waals surface area contributed by atoms with Gasteiger partial charge in [0.2, 0.25) is 0 Å². The van der Waals surface area contributed by atoms with Crippen molar-refractivity contribution in [2.45, 2.75) is 155 Å². The van der Waals surface area contributed by atoms with E-state index in [0.717, 1.165) is 12.8 Å². The highest BCUT2D eigenvalue weighted by atomic mass is 15.3. The van der Waals surface area contributed by atoms with Crippen LogP contribution in [0.4, 0.5) is 45.5 Å². The average molecular weight is 921 g/mol. The number of pyridine rings is 1. The van der Waals surface area contributed by atoms with Crippen LogP contribution in [0.1, 0.15) is 150 Å². The van der Waals surface area contributed by atoms with Gasteiger partial charge in [0.25, 0.3) is 6.71 Å². The minimum atomic E-state index is -0.166. The number of nitrogens with zero attached hydrogens (tertiary/aromatic N) is 4. The van der Waals surface area contributed by atoms with Crippen molar-refractivity contribution >= 4 is 68.6 Å². The Morgan fingerprint density at radius 3 is 1.67 bits per heavy atom. The molecule has 0 amide bonds. The monoisotopic (exact) mass is 921 g/mol. The molecular weight excluding hydrogens is 848 g/mol. The van der Waals surface area contributed by atoms with Crippen LogP contribution in [0.15, 0.2) is 140 Å². The average Bonchev–Trinajstić information content (AvgIpc) is 3.52. The van der Waals surface area contributed by atoms with Gasteiger partial charge < -0.3 is 14.7 Å². The quantitative estimate of drug-likeness (QED) is 0.164. The van der Waals surface area contributed by atoms with E-state index in [9.17, 15) is 0 Å². The van der Waals surface area contributed by atoms with Crippen molar-refractivity contribution in [2.75, 3.05) is 14.7 Å². The Hall–Kier alpha value is -6.07. The van der Waals surface area contributed by atoms with Gasteiger partial charge in [-0.25, -0.2) is 0 Å². The molecule has 4 aliphatic rings. The normalized spacial score (nSPS) is 19.6. The van der Waals surface area contributed by atoms with Crippen LogP contribution in [-0.4, -0.2) is 17.2 Å². The zero-order valence-corrected chi connectivity index (χ0v) is 44.5. The van der Waals surface area contributed by atoms with Crippen LogP contribution in [0.3, 0.4) is 0 Å². The summed E-state index contributed by atoms with van der Waals surface area (Å²) in [5.41, 5.74) is 23.1. The lowest BCUT2D eigenvalue weighted by atomic mass is 9.33. The van der Waals surface area contributed by atoms with E-state index in [2.05, 4.69) is 244 Å². The molecule has 2 unspecified atom stereocenters. The van der Waals surface area contributed by atoms with Crippen LogP contribution in [-0.2, 0) is 27.1 Å². The summed E-state index contributed by atoms with van der Waals surface area (Å²) in [6.07, 6.45) is 8.54. The highest BCUT2D eigenvalue weighted by Gasteiger charge is 2.58. The van der Waals surface area contributed by atoms with Crippen LogP contribution < -0.4 is 31.1 Å². The molecule has 7 aromatic rings. The summed E-state index contributed by atoms with van der Waals surface area (Å²) in [6.45, 7) is 33.3. The van der Waals surface area contributed by atoms with Crippen LogP contribution in [0.25, 0.3) is 11.1 Å². The molecule has 0 radical (unpaired) electrons. The second kappa shape index (κ2) is 15.7. The molecule has 0 N–H and O–H groups in total. The SMILES string of the molecule is CC(C)(C)c1ccc(N2c3ccc(C(C)(C)C)cc3B3c4ccc(C(C)(C)C)cc4N(c4cccc(C(C)(C)C)c4)c4cc(N5c6ccc(-c7ccncc7)cc6C6(C)CCCCC56C)cc2c43)cc1. The van der Waals surface area contributed by atoms with E-state index in [1.54, 1.807) is 0 Å². The number of fused-ring (bicyclic) bond motifs is 7. The minimum absolute atomic E-state index is 0.0110. The van der Waals surface area contributed by atoms with Crippen molar-refractivity contribution in [3.63, 3.8) is 0 Å². The number of hydrogen-bond acceptors (Lipinski definition) is 4. The Morgan fingerprint density at radius 1 is 0.443 bits per heavy atom. The lowest BCUT2D eigenvalue weighted by Crippen LogP contribution is -2.62. The Bertz CT molecular complexity index is 3190. The number of benzene rings is 6. The lowest BCUT2D eigenvalue weighted by Gasteiger charge is -2.51. The fourth-order valence-corrected chi connectivity index (χ4v) is 12.7. The van der Waals surface area contributed by atoms with E-state index in [1.807, 2.05) is 12.4 Å². The predicted molar refractivity (Wildman–Crippen MR) is 301 cm³/mol. The first-order valence-electron chi connectivity index (χ1n) is 26.1. The fraction of sp³-hybridized carbons (Fsp3) is 0.369. The van der Waals surface area contributed by atoms with Crippen molar-refractivity contribution in [2.24, 2.45) is 0 Å². The van der Waals surface area contributed by atoms with Crippen molar-refractivity contribution in [1.82, 2.24) is 4.98 Å². The Balaban J connectivity index is 1.26. The largest absolute Gasteiger partial charge is 0.334 e. The molecule has 0 bridgehead atoms. The molecule has 1 fully saturated rings. The van der Waals surface area contributed by atoms with Gasteiger partial charge in [0.05, 0.1) is 5.54 Å². The van der Waals surface area contributed by atoms with E-state index in [0.29, 0.717) is 0 Å². The number of aromatic nitrogens is 1. The summed E-state index contributed by atoms with van der Waals surface area (Å²) in [5, 5.41) is 0. The summed E-state index contributed by atoms with van der Waals surface area (Å²) in [6, 6.07) is 50.5. The second-order valence-corrected chi connectivity index (χ2v) is 25.8. The maximum absolute atomic E-state index is 4.38. The Morgan fingerprint density at radius 2 is 1.01 bits per heavy atom. The molecule has 1 aromatic heterocycles. The number of anilines is 8. The fourth-order valence-electron chi connectivity index (χ4n) is 12.7. The van der Waals surface area contributed by atoms with E-state index in [1.165, 1.54) is 114 Å². The van der Waals surface area contributed by atoms with Crippen molar-refractivity contribution in [1.29, 1.82) is 0 Å². The number of rotatable bonds is 4. The molecule has 2 atom stereocenters. The van der Waals surface area contributed by atoms with Gasteiger partial charge in [0.15, 0.2) is 0 Å². The maximum Gasteiger partial charge on any atom is 0.252 e. The van der Waals surface area contributed by atoms with E-state index >= 15 is 0 Å². The number of hydrogen-bond donors (Lipinski definition) is 0. The van der Waals surface area contributed by atoms with Crippen molar-refractivity contribution in [3.8, 4) is 11.1 Å². The van der Waals surface area contributed by atoms with Crippen molar-refractivity contribution < 1.29 is 0 Å². The van der Waals surface area contributed by atoms with Gasteiger partial charge in [0.1, 0.15) is 0 Å². The second-order valence-electron chi connectivity index (χ2n) is 25.8. The molecule has 0 spiro atoms. The summed E-state index contributed by atoms with van der Waals surface area (Å²) >= 11 is 0. The molecule has 3 aliphatic heterocycles. The van der Waals surface area contributed by atoms with Crippen LogP contribution in [0.2, 0.25) is 0 Å². The van der Waals surface area contributed by atoms with Gasteiger partial charge >= 0.3 is 0 Å². The van der Waals surface area contributed by atoms with E-state index in [-0.39, 0.29) is 39.3 Å². The summed E-state index contributed by atoms with van der Waals surface area (Å²) in [7, 11) is 0. The molecule has 356 valence electrons. The molecule has 70 heavy (non-hydrogen) atoms. The third kappa shape index (κ3) is 7.18. The van der Waals surface area contributed by atoms with Gasteiger partial charge in [-0.05, 0) is 170 Å². The third-order valence-corrected chi connectivity index (χ3v) is 17.1. The highest BCUT2D eigenvalue weighted by molar-refractivity contribution is 7.00. The van der Waals surface area contributed by atoms with Crippen molar-refractivity contribution in [3.05, 3.63) is 168 Å². The lowest BCUT2D eigenvalue weighted by molar-refractivity contribution is 0.195. The molecule has 1 saturated carbocycles. The first kappa shape index (κ1) is 46.3. The summed E-state index contributed by atoms with van der Waals surface area (Å²) in [4.78, 5) is 12.5. The smallest absolute Gasteiger partial charge is 0.252 e. The van der Waals surface area contributed by atoms with Crippen LogP contribution >= 0.6 is 0 Å². The van der Waals surface area contributed by atoms with Gasteiger partial charge in [-0.15, -0.1) is 0 Å². The summed E-state index contributed by atoms with van der Waals surface area (Å²) < 4.78 is 0. The molecule has 11 rings (SSSR count). The molecule has 1 aliphatic carbocycles. The first-order chi connectivity index (χ1) is 33.0. The van der Waals surface area contributed by atoms with Crippen LogP contribution in [0, 0.1) is 0 Å². The Labute approximate surface area is 420 Å². The predicted octanol–water partition coefficient (Wildman–Crippen LogP) is 15.8. The topological polar surface area (TPSA) is 22.6 Å². The zero-order chi connectivity index (χ0) is 49.5. The highest BCUT2D eigenvalue weighted by Crippen LogP contribution is 2.62. The summed E-state index contributed by atoms with van der Waals surface area (Å²) in [5.74, 6) is 0. The van der Waals surface area contributed by atoms with Crippen LogP contribution in [0.5, 0.6) is 0 Å². The molecule has 6 aromatic carbocycles. The zero-order valence-electron chi connectivity index (χ0n) is 44.5. The van der Waals surface area contributed by atoms with E-state index < -0.39 is 0 Å². The molecule has 5 heteroatoms.